The van der Waals surface area contributed by atoms with E-state index in [-0.39, 0.29) is 34.2 Å². The molecule has 2 amide bonds. The molecule has 0 radical (unpaired) electrons. The Hall–Kier alpha value is -1.71. The number of amides is 2. The quantitative estimate of drug-likeness (QED) is 0.461. The van der Waals surface area contributed by atoms with Gasteiger partial charge >= 0.3 is 0 Å². The molecule has 0 fully saturated rings. The standard InChI is InChI=1S/C22H25Cl4N3O4S/c1-13(2)27-22(31)14(3)28(11-15-5-7-17(23)19(25)9-15)21(30)12-29(34(4,32)33)16-6-8-18(24)20(26)10-16/h5-10,13-14H,11-12H2,1-4H3,(H,27,31)/t14-/m1/s1. The fourth-order valence-electron chi connectivity index (χ4n) is 3.08. The lowest BCUT2D eigenvalue weighted by Gasteiger charge is -2.32. The zero-order chi connectivity index (χ0) is 25.8. The molecule has 186 valence electrons. The zero-order valence-corrected chi connectivity index (χ0v) is 22.8. The van der Waals surface area contributed by atoms with Gasteiger partial charge in [0.2, 0.25) is 21.8 Å². The van der Waals surface area contributed by atoms with Crippen molar-refractivity contribution in [3.63, 3.8) is 0 Å². The van der Waals surface area contributed by atoms with E-state index in [1.54, 1.807) is 39.0 Å². The van der Waals surface area contributed by atoms with E-state index in [2.05, 4.69) is 5.32 Å². The van der Waals surface area contributed by atoms with Crippen molar-refractivity contribution in [2.24, 2.45) is 0 Å². The first-order valence-corrected chi connectivity index (χ1v) is 13.5. The first-order valence-electron chi connectivity index (χ1n) is 10.2. The lowest BCUT2D eigenvalue weighted by molar-refractivity contribution is -0.139. The van der Waals surface area contributed by atoms with Crippen molar-refractivity contribution in [3.8, 4) is 0 Å². The van der Waals surface area contributed by atoms with E-state index in [1.807, 2.05) is 0 Å². The second-order valence-electron chi connectivity index (χ2n) is 7.98. The van der Waals surface area contributed by atoms with E-state index in [9.17, 15) is 18.0 Å². The minimum Gasteiger partial charge on any atom is -0.352 e. The van der Waals surface area contributed by atoms with Crippen LogP contribution in [0.15, 0.2) is 36.4 Å². The maximum Gasteiger partial charge on any atom is 0.244 e. The van der Waals surface area contributed by atoms with E-state index < -0.39 is 28.5 Å². The maximum absolute atomic E-state index is 13.4. The zero-order valence-electron chi connectivity index (χ0n) is 19.0. The number of rotatable bonds is 9. The number of sulfonamides is 1. The molecule has 0 saturated heterocycles. The summed E-state index contributed by atoms with van der Waals surface area (Å²) in [5.74, 6) is -0.988. The van der Waals surface area contributed by atoms with Crippen LogP contribution in [0.3, 0.4) is 0 Å². The average molecular weight is 569 g/mol. The number of anilines is 1. The highest BCUT2D eigenvalue weighted by molar-refractivity contribution is 7.92. The third kappa shape index (κ3) is 7.65. The van der Waals surface area contributed by atoms with Crippen LogP contribution in [0.2, 0.25) is 20.1 Å². The van der Waals surface area contributed by atoms with Gasteiger partial charge in [-0.25, -0.2) is 8.42 Å². The Morgan fingerprint density at radius 1 is 0.912 bits per heavy atom. The summed E-state index contributed by atoms with van der Waals surface area (Å²) in [5, 5.41) is 3.78. The van der Waals surface area contributed by atoms with Gasteiger partial charge in [-0.15, -0.1) is 0 Å². The van der Waals surface area contributed by atoms with E-state index in [1.165, 1.54) is 23.1 Å². The SMILES string of the molecule is CC(C)NC(=O)[C@@H](C)N(Cc1ccc(Cl)c(Cl)c1)C(=O)CN(c1ccc(Cl)c(Cl)c1)S(C)(=O)=O. The van der Waals surface area contributed by atoms with Crippen molar-refractivity contribution in [1.29, 1.82) is 0 Å². The molecule has 1 N–H and O–H groups in total. The third-order valence-corrected chi connectivity index (χ3v) is 7.42. The molecule has 0 aliphatic rings. The van der Waals surface area contributed by atoms with Gasteiger partial charge in [-0.2, -0.15) is 0 Å². The van der Waals surface area contributed by atoms with Crippen molar-refractivity contribution < 1.29 is 18.0 Å². The molecule has 2 rings (SSSR count). The summed E-state index contributed by atoms with van der Waals surface area (Å²) in [6, 6.07) is 8.03. The summed E-state index contributed by atoms with van der Waals surface area (Å²) >= 11 is 24.1. The molecule has 2 aromatic rings. The number of carbonyl (C=O) groups is 2. The van der Waals surface area contributed by atoms with E-state index in [4.69, 9.17) is 46.4 Å². The fraction of sp³-hybridized carbons (Fsp3) is 0.364. The minimum absolute atomic E-state index is 0.00137. The molecular weight excluding hydrogens is 544 g/mol. The predicted molar refractivity (Wildman–Crippen MR) is 138 cm³/mol. The summed E-state index contributed by atoms with van der Waals surface area (Å²) in [6.07, 6.45) is 0.973. The van der Waals surface area contributed by atoms with Crippen LogP contribution in [0.4, 0.5) is 5.69 Å². The second kappa shape index (κ2) is 11.8. The highest BCUT2D eigenvalue weighted by atomic mass is 35.5. The van der Waals surface area contributed by atoms with Crippen LogP contribution >= 0.6 is 46.4 Å². The molecule has 0 spiro atoms. The summed E-state index contributed by atoms with van der Waals surface area (Å²) in [4.78, 5) is 27.4. The van der Waals surface area contributed by atoms with E-state index in [0.29, 0.717) is 15.6 Å². The fourth-order valence-corrected chi connectivity index (χ4v) is 4.53. The highest BCUT2D eigenvalue weighted by Gasteiger charge is 2.30. The molecular formula is C22H25Cl4N3O4S. The van der Waals surface area contributed by atoms with E-state index >= 15 is 0 Å². The Bertz CT molecular complexity index is 1170. The van der Waals surface area contributed by atoms with Crippen molar-refractivity contribution in [3.05, 3.63) is 62.1 Å². The summed E-state index contributed by atoms with van der Waals surface area (Å²) < 4.78 is 26.0. The molecule has 7 nitrogen and oxygen atoms in total. The van der Waals surface area contributed by atoms with Crippen molar-refractivity contribution in [1.82, 2.24) is 10.2 Å². The number of nitrogens with one attached hydrogen (secondary N) is 1. The monoisotopic (exact) mass is 567 g/mol. The molecule has 12 heteroatoms. The topological polar surface area (TPSA) is 86.8 Å². The second-order valence-corrected chi connectivity index (χ2v) is 11.5. The molecule has 0 heterocycles. The first-order chi connectivity index (χ1) is 15.7. The maximum atomic E-state index is 13.4. The van der Waals surface area contributed by atoms with Gasteiger partial charge < -0.3 is 10.2 Å². The van der Waals surface area contributed by atoms with Crippen LogP contribution in [-0.4, -0.2) is 50.0 Å². The Balaban J connectivity index is 2.43. The van der Waals surface area contributed by atoms with Crippen LogP contribution in [0.5, 0.6) is 0 Å². The lowest BCUT2D eigenvalue weighted by atomic mass is 10.1. The minimum atomic E-state index is -3.88. The van der Waals surface area contributed by atoms with Gasteiger partial charge in [-0.3, -0.25) is 13.9 Å². The largest absolute Gasteiger partial charge is 0.352 e. The third-order valence-electron chi connectivity index (χ3n) is 4.81. The van der Waals surface area contributed by atoms with E-state index in [0.717, 1.165) is 10.6 Å². The normalized spacial score (nSPS) is 12.4. The van der Waals surface area contributed by atoms with Crippen molar-refractivity contribution in [2.75, 3.05) is 17.1 Å². The molecule has 0 aromatic heterocycles. The Kier molecular flexibility index (Phi) is 9.91. The Morgan fingerprint density at radius 3 is 1.97 bits per heavy atom. The molecule has 2 aromatic carbocycles. The number of nitrogens with zero attached hydrogens (tertiary/aromatic N) is 2. The van der Waals surface area contributed by atoms with Gasteiger partial charge in [0.15, 0.2) is 0 Å². The smallest absolute Gasteiger partial charge is 0.244 e. The van der Waals surface area contributed by atoms with Gasteiger partial charge in [0, 0.05) is 12.6 Å². The number of hydrogen-bond acceptors (Lipinski definition) is 4. The van der Waals surface area contributed by atoms with Gasteiger partial charge in [0.05, 0.1) is 32.0 Å². The number of halogens is 4. The Labute approximate surface area is 220 Å². The van der Waals surface area contributed by atoms with Crippen LogP contribution < -0.4 is 9.62 Å². The highest BCUT2D eigenvalue weighted by Crippen LogP contribution is 2.29. The molecule has 0 aliphatic carbocycles. The van der Waals surface area contributed by atoms with Crippen LogP contribution in [-0.2, 0) is 26.2 Å². The molecule has 0 bridgehead atoms. The van der Waals surface area contributed by atoms with Gasteiger partial charge in [-0.1, -0.05) is 52.5 Å². The Morgan fingerprint density at radius 2 is 1.47 bits per heavy atom. The molecule has 0 unspecified atom stereocenters. The van der Waals surface area contributed by atoms with Crippen LogP contribution in [0, 0.1) is 0 Å². The van der Waals surface area contributed by atoms with Crippen LogP contribution in [0.25, 0.3) is 0 Å². The van der Waals surface area contributed by atoms with Gasteiger partial charge in [0.25, 0.3) is 0 Å². The summed E-state index contributed by atoms with van der Waals surface area (Å²) in [6.45, 7) is 4.60. The first kappa shape index (κ1) is 28.5. The predicted octanol–water partition coefficient (Wildman–Crippen LogP) is 5.01. The number of carbonyl (C=O) groups excluding carboxylic acids is 2. The van der Waals surface area contributed by atoms with Crippen molar-refractivity contribution >= 4 is 73.9 Å². The number of benzene rings is 2. The average Bonchev–Trinajstić information content (AvgIpc) is 2.72. The molecule has 34 heavy (non-hydrogen) atoms. The molecule has 1 atom stereocenters. The van der Waals surface area contributed by atoms with Crippen molar-refractivity contribution in [2.45, 2.75) is 39.4 Å². The summed E-state index contributed by atoms with van der Waals surface area (Å²) in [5.41, 5.74) is 0.784. The van der Waals surface area contributed by atoms with Crippen LogP contribution in [0.1, 0.15) is 26.3 Å². The van der Waals surface area contributed by atoms with Gasteiger partial charge in [0.1, 0.15) is 12.6 Å². The summed E-state index contributed by atoms with van der Waals surface area (Å²) in [7, 11) is -3.88. The number of hydrogen-bond donors (Lipinski definition) is 1. The van der Waals surface area contributed by atoms with Gasteiger partial charge in [-0.05, 0) is 56.7 Å². The lowest BCUT2D eigenvalue weighted by Crippen LogP contribution is -2.52. The molecule has 0 aliphatic heterocycles. The molecule has 0 saturated carbocycles.